The van der Waals surface area contributed by atoms with Crippen LogP contribution in [0.5, 0.6) is 0 Å². The molecule has 0 bridgehead atoms. The van der Waals surface area contributed by atoms with E-state index in [1.54, 1.807) is 12.1 Å². The van der Waals surface area contributed by atoms with E-state index in [1.165, 1.54) is 31.4 Å². The first-order chi connectivity index (χ1) is 13.3. The first kappa shape index (κ1) is 16.6. The molecule has 7 heteroatoms. The van der Waals surface area contributed by atoms with Crippen molar-refractivity contribution < 1.29 is 13.7 Å². The highest BCUT2D eigenvalue weighted by Gasteiger charge is 2.26. The summed E-state index contributed by atoms with van der Waals surface area (Å²) in [5.74, 6) is 1.42. The number of fused-ring (bicyclic) bond motifs is 1. The second-order valence-corrected chi connectivity index (χ2v) is 7.35. The molecule has 2 aliphatic rings. The summed E-state index contributed by atoms with van der Waals surface area (Å²) in [6.45, 7) is 1.02. The maximum atomic E-state index is 13.1. The minimum absolute atomic E-state index is 0.147. The van der Waals surface area contributed by atoms with Crippen LogP contribution in [-0.4, -0.2) is 19.9 Å². The molecule has 1 aliphatic heterocycles. The number of ether oxygens (including phenoxy) is 1. The van der Waals surface area contributed by atoms with E-state index in [9.17, 15) is 4.39 Å². The molecule has 3 heterocycles. The van der Waals surface area contributed by atoms with Crippen molar-refractivity contribution in [1.29, 1.82) is 0 Å². The predicted molar refractivity (Wildman–Crippen MR) is 95.3 cm³/mol. The van der Waals surface area contributed by atoms with Crippen LogP contribution < -0.4 is 0 Å². The van der Waals surface area contributed by atoms with Gasteiger partial charge in [-0.05, 0) is 36.6 Å². The Balaban J connectivity index is 1.35. The highest BCUT2D eigenvalue weighted by Crippen LogP contribution is 2.33. The molecule has 0 spiro atoms. The fraction of sp³-hybridized carbons (Fsp3) is 0.450. The Morgan fingerprint density at radius 3 is 2.70 bits per heavy atom. The fourth-order valence-electron chi connectivity index (χ4n) is 3.97. The second kappa shape index (κ2) is 6.88. The van der Waals surface area contributed by atoms with Gasteiger partial charge in [0.25, 0.3) is 5.89 Å². The molecule has 1 fully saturated rings. The lowest BCUT2D eigenvalue weighted by Gasteiger charge is -2.24. The molecule has 2 aromatic heterocycles. The quantitative estimate of drug-likeness (QED) is 0.686. The summed E-state index contributed by atoms with van der Waals surface area (Å²) in [6, 6.07) is 8.36. The smallest absolute Gasteiger partial charge is 0.278 e. The molecule has 0 unspecified atom stereocenters. The molecule has 1 aromatic carbocycles. The van der Waals surface area contributed by atoms with Gasteiger partial charge in [0.15, 0.2) is 11.5 Å². The summed E-state index contributed by atoms with van der Waals surface area (Å²) in [7, 11) is 0. The molecule has 0 saturated heterocycles. The van der Waals surface area contributed by atoms with E-state index in [0.29, 0.717) is 30.7 Å². The van der Waals surface area contributed by atoms with Gasteiger partial charge in [-0.25, -0.2) is 4.39 Å². The monoisotopic (exact) mass is 368 g/mol. The molecule has 0 radical (unpaired) electrons. The van der Waals surface area contributed by atoms with E-state index < -0.39 is 0 Å². The van der Waals surface area contributed by atoms with Gasteiger partial charge in [0.1, 0.15) is 11.9 Å². The van der Waals surface area contributed by atoms with E-state index in [0.717, 1.165) is 29.9 Å². The van der Waals surface area contributed by atoms with Crippen molar-refractivity contribution in [2.75, 3.05) is 0 Å². The Kier molecular flexibility index (Phi) is 4.24. The number of aromatic nitrogens is 4. The van der Waals surface area contributed by atoms with Crippen LogP contribution in [-0.2, 0) is 17.9 Å². The zero-order valence-corrected chi connectivity index (χ0v) is 15.0. The zero-order valence-electron chi connectivity index (χ0n) is 15.0. The average Bonchev–Trinajstić information content (AvgIpc) is 3.36. The Morgan fingerprint density at radius 1 is 1.07 bits per heavy atom. The minimum atomic E-state index is -0.248. The average molecular weight is 368 g/mol. The summed E-state index contributed by atoms with van der Waals surface area (Å²) < 4.78 is 26.5. The zero-order chi connectivity index (χ0) is 18.2. The minimum Gasteiger partial charge on any atom is -0.365 e. The van der Waals surface area contributed by atoms with Gasteiger partial charge in [0.2, 0.25) is 0 Å². The third-order valence-electron chi connectivity index (χ3n) is 5.51. The van der Waals surface area contributed by atoms with Crippen LogP contribution in [0.4, 0.5) is 4.39 Å². The molecular weight excluding hydrogens is 347 g/mol. The van der Waals surface area contributed by atoms with Crippen LogP contribution in [0, 0.1) is 5.82 Å². The SMILES string of the molecule is Fc1ccc([C@H]2Cn3nc(-c4nc(C5CCCCC5)no4)cc3CO2)cc1. The Bertz CT molecular complexity index is 928. The number of hydrogen-bond donors (Lipinski definition) is 0. The topological polar surface area (TPSA) is 66.0 Å². The van der Waals surface area contributed by atoms with Gasteiger partial charge in [0.05, 0.1) is 18.8 Å². The van der Waals surface area contributed by atoms with Crippen molar-refractivity contribution in [3.63, 3.8) is 0 Å². The molecule has 0 amide bonds. The van der Waals surface area contributed by atoms with Gasteiger partial charge in [-0.1, -0.05) is 36.6 Å². The third kappa shape index (κ3) is 3.27. The number of benzene rings is 1. The van der Waals surface area contributed by atoms with Crippen LogP contribution in [0.1, 0.15) is 61.2 Å². The van der Waals surface area contributed by atoms with E-state index in [1.807, 2.05) is 10.7 Å². The first-order valence-corrected chi connectivity index (χ1v) is 9.54. The molecule has 3 aromatic rings. The molecule has 1 aliphatic carbocycles. The van der Waals surface area contributed by atoms with Gasteiger partial charge in [0, 0.05) is 5.92 Å². The lowest BCUT2D eigenvalue weighted by molar-refractivity contribution is -0.00116. The van der Waals surface area contributed by atoms with Crippen molar-refractivity contribution in [2.24, 2.45) is 0 Å². The highest BCUT2D eigenvalue weighted by atomic mass is 19.1. The van der Waals surface area contributed by atoms with E-state index >= 15 is 0 Å². The van der Waals surface area contributed by atoms with Crippen LogP contribution in [0.15, 0.2) is 34.9 Å². The van der Waals surface area contributed by atoms with Gasteiger partial charge >= 0.3 is 0 Å². The Morgan fingerprint density at radius 2 is 1.89 bits per heavy atom. The van der Waals surface area contributed by atoms with Crippen molar-refractivity contribution >= 4 is 0 Å². The van der Waals surface area contributed by atoms with Crippen LogP contribution >= 0.6 is 0 Å². The molecule has 5 rings (SSSR count). The molecule has 1 saturated carbocycles. The summed E-state index contributed by atoms with van der Waals surface area (Å²) in [5.41, 5.74) is 2.60. The van der Waals surface area contributed by atoms with Crippen molar-refractivity contribution in [3.8, 4) is 11.6 Å². The summed E-state index contributed by atoms with van der Waals surface area (Å²) >= 11 is 0. The Hall–Kier alpha value is -2.54. The summed E-state index contributed by atoms with van der Waals surface area (Å²) in [6.07, 6.45) is 5.87. The van der Waals surface area contributed by atoms with Crippen molar-refractivity contribution in [2.45, 2.75) is 57.3 Å². The maximum absolute atomic E-state index is 13.1. The van der Waals surface area contributed by atoms with Crippen LogP contribution in [0.3, 0.4) is 0 Å². The number of nitrogens with zero attached hydrogens (tertiary/aromatic N) is 4. The summed E-state index contributed by atoms with van der Waals surface area (Å²) in [5, 5.41) is 8.83. The second-order valence-electron chi connectivity index (χ2n) is 7.35. The molecule has 6 nitrogen and oxygen atoms in total. The van der Waals surface area contributed by atoms with Crippen molar-refractivity contribution in [3.05, 3.63) is 53.2 Å². The van der Waals surface area contributed by atoms with Crippen LogP contribution in [0.25, 0.3) is 11.6 Å². The molecular formula is C20H21FN4O2. The molecule has 140 valence electrons. The van der Waals surface area contributed by atoms with Gasteiger partial charge in [-0.2, -0.15) is 10.1 Å². The van der Waals surface area contributed by atoms with Gasteiger partial charge in [-0.3, -0.25) is 4.68 Å². The maximum Gasteiger partial charge on any atom is 0.278 e. The largest absolute Gasteiger partial charge is 0.365 e. The van der Waals surface area contributed by atoms with Crippen LogP contribution in [0.2, 0.25) is 0 Å². The molecule has 0 N–H and O–H groups in total. The molecule has 27 heavy (non-hydrogen) atoms. The highest BCUT2D eigenvalue weighted by molar-refractivity contribution is 5.47. The van der Waals surface area contributed by atoms with E-state index in [-0.39, 0.29) is 11.9 Å². The van der Waals surface area contributed by atoms with Gasteiger partial charge < -0.3 is 9.26 Å². The van der Waals surface area contributed by atoms with Crippen molar-refractivity contribution in [1.82, 2.24) is 19.9 Å². The normalized spacial score (nSPS) is 20.6. The lowest BCUT2D eigenvalue weighted by Crippen LogP contribution is -2.21. The fourth-order valence-corrected chi connectivity index (χ4v) is 3.97. The number of rotatable bonds is 3. The standard InChI is InChI=1S/C20H21FN4O2/c21-15-8-6-13(7-9-15)18-11-25-16(12-26-18)10-17(23-25)20-22-19(24-27-20)14-4-2-1-3-5-14/h6-10,14,18H,1-5,11-12H2/t18-/m1/s1. The number of hydrogen-bond acceptors (Lipinski definition) is 5. The van der Waals surface area contributed by atoms with Gasteiger partial charge in [-0.15, -0.1) is 0 Å². The Labute approximate surface area is 156 Å². The van der Waals surface area contributed by atoms with E-state index in [2.05, 4.69) is 15.2 Å². The first-order valence-electron chi connectivity index (χ1n) is 9.54. The third-order valence-corrected chi connectivity index (χ3v) is 5.51. The molecule has 1 atom stereocenters. The van der Waals surface area contributed by atoms with E-state index in [4.69, 9.17) is 9.26 Å². The predicted octanol–water partition coefficient (Wildman–Crippen LogP) is 4.39. The lowest BCUT2D eigenvalue weighted by atomic mass is 9.89. The summed E-state index contributed by atoms with van der Waals surface area (Å²) in [4.78, 5) is 4.60. The number of halogens is 1.